The number of hydrogen-bond acceptors (Lipinski definition) is 4. The molecule has 15 heavy (non-hydrogen) atoms. The van der Waals surface area contributed by atoms with Crippen LogP contribution in [0.25, 0.3) is 0 Å². The third-order valence-corrected chi connectivity index (χ3v) is 3.21. The summed E-state index contributed by atoms with van der Waals surface area (Å²) in [6, 6.07) is 0. The molecule has 2 unspecified atom stereocenters. The molecular formula is C11H21NO3. The summed E-state index contributed by atoms with van der Waals surface area (Å²) < 4.78 is 10.5. The van der Waals surface area contributed by atoms with Crippen molar-refractivity contribution >= 4 is 5.97 Å². The summed E-state index contributed by atoms with van der Waals surface area (Å²) in [4.78, 5) is 12.0. The third kappa shape index (κ3) is 2.32. The first-order valence-electron chi connectivity index (χ1n) is 5.60. The van der Waals surface area contributed by atoms with Gasteiger partial charge in [-0.15, -0.1) is 0 Å². The number of nitrogens with one attached hydrogen (secondary N) is 1. The predicted octanol–water partition coefficient (Wildman–Crippen LogP) is 1.10. The van der Waals surface area contributed by atoms with E-state index in [9.17, 15) is 4.79 Å². The Morgan fingerprint density at radius 1 is 1.53 bits per heavy atom. The number of esters is 1. The zero-order valence-corrected chi connectivity index (χ0v) is 9.84. The smallest absolute Gasteiger partial charge is 0.329 e. The zero-order chi connectivity index (χ0) is 11.3. The molecular weight excluding hydrogens is 194 g/mol. The standard InChI is InChI=1S/C11H21NO3/c1-4-15-10(13)11(12-2)8-6-5-7-9(11)14-3/h9,12H,4-8H2,1-3H3. The topological polar surface area (TPSA) is 47.6 Å². The molecule has 1 aliphatic rings. The lowest BCUT2D eigenvalue weighted by Crippen LogP contribution is -2.61. The van der Waals surface area contributed by atoms with Crippen LogP contribution in [0, 0.1) is 0 Å². The lowest BCUT2D eigenvalue weighted by Gasteiger charge is -2.40. The molecule has 1 fully saturated rings. The molecule has 4 heteroatoms. The lowest BCUT2D eigenvalue weighted by molar-refractivity contribution is -0.160. The predicted molar refractivity (Wildman–Crippen MR) is 57.7 cm³/mol. The molecule has 0 radical (unpaired) electrons. The Bertz CT molecular complexity index is 220. The van der Waals surface area contributed by atoms with Gasteiger partial charge in [0.15, 0.2) is 0 Å². The molecule has 0 aromatic heterocycles. The zero-order valence-electron chi connectivity index (χ0n) is 9.84. The van der Waals surface area contributed by atoms with E-state index in [0.717, 1.165) is 25.7 Å². The Morgan fingerprint density at radius 3 is 2.80 bits per heavy atom. The van der Waals surface area contributed by atoms with Crippen LogP contribution in [-0.4, -0.2) is 38.4 Å². The highest BCUT2D eigenvalue weighted by Gasteiger charge is 2.47. The van der Waals surface area contributed by atoms with E-state index < -0.39 is 5.54 Å². The molecule has 0 spiro atoms. The largest absolute Gasteiger partial charge is 0.465 e. The number of ether oxygens (including phenoxy) is 2. The van der Waals surface area contributed by atoms with E-state index in [-0.39, 0.29) is 12.1 Å². The van der Waals surface area contributed by atoms with Gasteiger partial charge in [0, 0.05) is 7.11 Å². The normalized spacial score (nSPS) is 31.3. The van der Waals surface area contributed by atoms with Gasteiger partial charge in [-0.1, -0.05) is 12.8 Å². The van der Waals surface area contributed by atoms with E-state index in [1.165, 1.54) is 0 Å². The molecule has 1 aliphatic carbocycles. The van der Waals surface area contributed by atoms with Crippen molar-refractivity contribution in [2.75, 3.05) is 20.8 Å². The van der Waals surface area contributed by atoms with E-state index in [2.05, 4.69) is 5.32 Å². The summed E-state index contributed by atoms with van der Waals surface area (Å²) in [5.74, 6) is -0.181. The van der Waals surface area contributed by atoms with Crippen molar-refractivity contribution in [3.05, 3.63) is 0 Å². The molecule has 0 aromatic carbocycles. The van der Waals surface area contributed by atoms with E-state index in [4.69, 9.17) is 9.47 Å². The van der Waals surface area contributed by atoms with Crippen LogP contribution < -0.4 is 5.32 Å². The average Bonchev–Trinajstić information content (AvgIpc) is 2.29. The molecule has 0 aliphatic heterocycles. The van der Waals surface area contributed by atoms with Crippen LogP contribution >= 0.6 is 0 Å². The molecule has 1 N–H and O–H groups in total. The van der Waals surface area contributed by atoms with Crippen molar-refractivity contribution < 1.29 is 14.3 Å². The van der Waals surface area contributed by atoms with Gasteiger partial charge >= 0.3 is 5.97 Å². The molecule has 0 saturated heterocycles. The van der Waals surface area contributed by atoms with Gasteiger partial charge in [0.05, 0.1) is 12.7 Å². The van der Waals surface area contributed by atoms with Crippen LogP contribution in [0.5, 0.6) is 0 Å². The van der Waals surface area contributed by atoms with Crippen molar-refractivity contribution in [1.82, 2.24) is 5.32 Å². The maximum Gasteiger partial charge on any atom is 0.329 e. The van der Waals surface area contributed by atoms with Crippen molar-refractivity contribution in [3.63, 3.8) is 0 Å². The Hall–Kier alpha value is -0.610. The quantitative estimate of drug-likeness (QED) is 0.713. The highest BCUT2D eigenvalue weighted by Crippen LogP contribution is 2.31. The highest BCUT2D eigenvalue weighted by molar-refractivity contribution is 5.82. The number of carbonyl (C=O) groups is 1. The first-order valence-corrected chi connectivity index (χ1v) is 5.60. The Balaban J connectivity index is 2.82. The Morgan fingerprint density at radius 2 is 2.27 bits per heavy atom. The molecule has 0 heterocycles. The summed E-state index contributed by atoms with van der Waals surface area (Å²) in [6.07, 6.45) is 3.79. The summed E-state index contributed by atoms with van der Waals surface area (Å²) >= 11 is 0. The molecule has 0 amide bonds. The molecule has 0 aromatic rings. The fourth-order valence-electron chi connectivity index (χ4n) is 2.34. The van der Waals surface area contributed by atoms with E-state index in [1.54, 1.807) is 14.2 Å². The van der Waals surface area contributed by atoms with Crippen LogP contribution in [0.3, 0.4) is 0 Å². The Labute approximate surface area is 91.3 Å². The first kappa shape index (κ1) is 12.5. The summed E-state index contributed by atoms with van der Waals surface area (Å²) in [7, 11) is 3.45. The molecule has 2 atom stereocenters. The minimum Gasteiger partial charge on any atom is -0.465 e. The second kappa shape index (κ2) is 5.47. The fraction of sp³-hybridized carbons (Fsp3) is 0.909. The summed E-state index contributed by atoms with van der Waals surface area (Å²) in [6.45, 7) is 2.24. The molecule has 4 nitrogen and oxygen atoms in total. The maximum atomic E-state index is 12.0. The van der Waals surface area contributed by atoms with Gasteiger partial charge in [0.2, 0.25) is 0 Å². The van der Waals surface area contributed by atoms with Gasteiger partial charge in [-0.05, 0) is 26.8 Å². The lowest BCUT2D eigenvalue weighted by atomic mass is 9.79. The maximum absolute atomic E-state index is 12.0. The summed E-state index contributed by atoms with van der Waals surface area (Å²) in [5, 5.41) is 3.10. The first-order chi connectivity index (χ1) is 7.21. The number of carbonyl (C=O) groups excluding carboxylic acids is 1. The average molecular weight is 215 g/mol. The van der Waals surface area contributed by atoms with Crippen molar-refractivity contribution in [1.29, 1.82) is 0 Å². The minimum absolute atomic E-state index is 0.0738. The van der Waals surface area contributed by atoms with Crippen molar-refractivity contribution in [2.24, 2.45) is 0 Å². The highest BCUT2D eigenvalue weighted by atomic mass is 16.5. The van der Waals surface area contributed by atoms with E-state index in [0.29, 0.717) is 6.61 Å². The van der Waals surface area contributed by atoms with Crippen LogP contribution in [0.15, 0.2) is 0 Å². The summed E-state index contributed by atoms with van der Waals surface area (Å²) in [5.41, 5.74) is -0.636. The van der Waals surface area contributed by atoms with E-state index >= 15 is 0 Å². The van der Waals surface area contributed by atoms with Crippen molar-refractivity contribution in [3.8, 4) is 0 Å². The molecule has 0 bridgehead atoms. The molecule has 1 rings (SSSR count). The second-order valence-electron chi connectivity index (χ2n) is 3.91. The van der Waals surface area contributed by atoms with Crippen molar-refractivity contribution in [2.45, 2.75) is 44.2 Å². The van der Waals surface area contributed by atoms with E-state index in [1.807, 2.05) is 6.92 Å². The van der Waals surface area contributed by atoms with Crippen LogP contribution in [0.1, 0.15) is 32.6 Å². The van der Waals surface area contributed by atoms with Gasteiger partial charge in [-0.25, -0.2) is 4.79 Å². The van der Waals surface area contributed by atoms with Crippen LogP contribution in [-0.2, 0) is 14.3 Å². The van der Waals surface area contributed by atoms with Crippen LogP contribution in [0.2, 0.25) is 0 Å². The van der Waals surface area contributed by atoms with Crippen LogP contribution in [0.4, 0.5) is 0 Å². The van der Waals surface area contributed by atoms with Gasteiger partial charge in [-0.3, -0.25) is 0 Å². The number of hydrogen-bond donors (Lipinski definition) is 1. The monoisotopic (exact) mass is 215 g/mol. The number of likely N-dealkylation sites (N-methyl/N-ethyl adjacent to an activating group) is 1. The SMILES string of the molecule is CCOC(=O)C1(NC)CCCCC1OC. The number of rotatable bonds is 4. The Kier molecular flexibility index (Phi) is 4.54. The van der Waals surface area contributed by atoms with Gasteiger partial charge in [-0.2, -0.15) is 0 Å². The third-order valence-electron chi connectivity index (χ3n) is 3.21. The fourth-order valence-corrected chi connectivity index (χ4v) is 2.34. The van der Waals surface area contributed by atoms with Gasteiger partial charge in [0.25, 0.3) is 0 Å². The van der Waals surface area contributed by atoms with Gasteiger partial charge in [0.1, 0.15) is 5.54 Å². The van der Waals surface area contributed by atoms with Gasteiger partial charge < -0.3 is 14.8 Å². The molecule has 1 saturated carbocycles. The minimum atomic E-state index is -0.636. The number of methoxy groups -OCH3 is 1. The second-order valence-corrected chi connectivity index (χ2v) is 3.91. The molecule has 88 valence electrons.